The van der Waals surface area contributed by atoms with Crippen LogP contribution >= 0.6 is 0 Å². The van der Waals surface area contributed by atoms with Gasteiger partial charge < -0.3 is 9.88 Å². The fraction of sp³-hybridized carbons (Fsp3) is 0.333. The molecule has 28 heavy (non-hydrogen) atoms. The lowest BCUT2D eigenvalue weighted by atomic mass is 10.0. The van der Waals surface area contributed by atoms with Gasteiger partial charge >= 0.3 is 0 Å². The third kappa shape index (κ3) is 3.13. The summed E-state index contributed by atoms with van der Waals surface area (Å²) in [5, 5.41) is 4.62. The van der Waals surface area contributed by atoms with Crippen molar-refractivity contribution >= 4 is 5.91 Å². The van der Waals surface area contributed by atoms with Crippen molar-refractivity contribution in [2.45, 2.75) is 39.3 Å². The minimum Gasteiger partial charge on any atom is -0.327 e. The summed E-state index contributed by atoms with van der Waals surface area (Å²) in [5.41, 5.74) is 1.97. The molecular formula is C21H23N5O2. The molecule has 0 saturated heterocycles. The Morgan fingerprint density at radius 2 is 1.89 bits per heavy atom. The predicted octanol–water partition coefficient (Wildman–Crippen LogP) is 2.97. The zero-order valence-electron chi connectivity index (χ0n) is 16.2. The van der Waals surface area contributed by atoms with Gasteiger partial charge in [0, 0.05) is 23.9 Å². The van der Waals surface area contributed by atoms with Crippen molar-refractivity contribution in [3.63, 3.8) is 0 Å². The van der Waals surface area contributed by atoms with E-state index in [9.17, 15) is 9.59 Å². The molecule has 144 valence electrons. The van der Waals surface area contributed by atoms with Crippen molar-refractivity contribution in [1.29, 1.82) is 0 Å². The molecule has 0 radical (unpaired) electrons. The molecule has 0 unspecified atom stereocenters. The number of aromatic amines is 1. The number of benzene rings is 1. The molecule has 1 N–H and O–H groups in total. The molecule has 0 bridgehead atoms. The van der Waals surface area contributed by atoms with Crippen LogP contribution in [0.3, 0.4) is 0 Å². The van der Waals surface area contributed by atoms with E-state index in [1.807, 2.05) is 55.8 Å². The van der Waals surface area contributed by atoms with Crippen LogP contribution in [0.4, 0.5) is 0 Å². The Hall–Kier alpha value is -3.22. The van der Waals surface area contributed by atoms with Crippen molar-refractivity contribution in [2.24, 2.45) is 0 Å². The molecule has 7 nitrogen and oxygen atoms in total. The number of rotatable bonds is 3. The van der Waals surface area contributed by atoms with Gasteiger partial charge in [-0.2, -0.15) is 5.10 Å². The highest BCUT2D eigenvalue weighted by atomic mass is 16.2. The molecule has 3 heterocycles. The Morgan fingerprint density at radius 1 is 1.14 bits per heavy atom. The zero-order chi connectivity index (χ0) is 19.8. The number of carbonyl (C=O) groups is 1. The summed E-state index contributed by atoms with van der Waals surface area (Å²) in [5.74, 6) is 1.39. The Labute approximate surface area is 163 Å². The topological polar surface area (TPSA) is 83.9 Å². The van der Waals surface area contributed by atoms with E-state index in [-0.39, 0.29) is 23.4 Å². The lowest BCUT2D eigenvalue weighted by Gasteiger charge is -2.33. The van der Waals surface area contributed by atoms with Crippen molar-refractivity contribution in [2.75, 3.05) is 6.54 Å². The number of amides is 1. The first-order chi connectivity index (χ1) is 13.5. The second-order valence-corrected chi connectivity index (χ2v) is 7.36. The van der Waals surface area contributed by atoms with E-state index in [0.717, 1.165) is 11.4 Å². The highest BCUT2D eigenvalue weighted by Crippen LogP contribution is 2.28. The Bertz CT molecular complexity index is 1070. The average molecular weight is 377 g/mol. The summed E-state index contributed by atoms with van der Waals surface area (Å²) >= 11 is 0. The molecule has 0 aliphatic carbocycles. The third-order valence-electron chi connectivity index (χ3n) is 5.14. The number of pyridine rings is 1. The summed E-state index contributed by atoms with van der Waals surface area (Å²) in [7, 11) is 0. The van der Waals surface area contributed by atoms with Gasteiger partial charge in [-0.15, -0.1) is 0 Å². The van der Waals surface area contributed by atoms with Gasteiger partial charge in [0.2, 0.25) is 5.56 Å². The number of H-pyrrole nitrogens is 1. The van der Waals surface area contributed by atoms with E-state index in [2.05, 4.69) is 10.1 Å². The quantitative estimate of drug-likeness (QED) is 0.761. The van der Waals surface area contributed by atoms with Gasteiger partial charge in [-0.25, -0.2) is 9.67 Å². The molecule has 1 aliphatic rings. The highest BCUT2D eigenvalue weighted by molar-refractivity contribution is 5.95. The smallest absolute Gasteiger partial charge is 0.256 e. The fourth-order valence-corrected chi connectivity index (χ4v) is 3.64. The van der Waals surface area contributed by atoms with Crippen LogP contribution in [-0.4, -0.2) is 37.1 Å². The zero-order valence-corrected chi connectivity index (χ0v) is 16.2. The largest absolute Gasteiger partial charge is 0.327 e. The molecule has 0 saturated carbocycles. The molecule has 1 atom stereocenters. The normalized spacial score (nSPS) is 16.3. The second-order valence-electron chi connectivity index (χ2n) is 7.36. The van der Waals surface area contributed by atoms with Gasteiger partial charge in [0.05, 0.1) is 18.2 Å². The molecule has 7 heteroatoms. The monoisotopic (exact) mass is 377 g/mol. The van der Waals surface area contributed by atoms with Gasteiger partial charge in [0.25, 0.3) is 5.91 Å². The third-order valence-corrected chi connectivity index (χ3v) is 5.14. The van der Waals surface area contributed by atoms with E-state index < -0.39 is 0 Å². The lowest BCUT2D eigenvalue weighted by Crippen LogP contribution is -2.42. The van der Waals surface area contributed by atoms with E-state index in [0.29, 0.717) is 30.2 Å². The first-order valence-electron chi connectivity index (χ1n) is 9.50. The van der Waals surface area contributed by atoms with Crippen molar-refractivity contribution in [3.8, 4) is 11.4 Å². The number of aromatic nitrogens is 4. The SMILES string of the molecule is CC(C)c1[nH]c(=O)ccc1C(=O)N1CCn2nc(-c3ccccc3)nc2[C@@H]1C. The van der Waals surface area contributed by atoms with Crippen LogP contribution < -0.4 is 5.56 Å². The first-order valence-corrected chi connectivity index (χ1v) is 9.50. The maximum Gasteiger partial charge on any atom is 0.256 e. The number of hydrogen-bond donors (Lipinski definition) is 1. The number of nitrogens with zero attached hydrogens (tertiary/aromatic N) is 4. The van der Waals surface area contributed by atoms with Gasteiger partial charge in [0.1, 0.15) is 5.82 Å². The molecule has 4 rings (SSSR count). The van der Waals surface area contributed by atoms with Crippen LogP contribution in [0.25, 0.3) is 11.4 Å². The van der Waals surface area contributed by atoms with Crippen LogP contribution in [0.1, 0.15) is 54.6 Å². The lowest BCUT2D eigenvalue weighted by molar-refractivity contribution is 0.0628. The predicted molar refractivity (Wildman–Crippen MR) is 106 cm³/mol. The van der Waals surface area contributed by atoms with Crippen molar-refractivity contribution in [1.82, 2.24) is 24.6 Å². The minimum absolute atomic E-state index is 0.0429. The Morgan fingerprint density at radius 3 is 2.61 bits per heavy atom. The molecule has 3 aromatic rings. The van der Waals surface area contributed by atoms with Gasteiger partial charge in [-0.1, -0.05) is 44.2 Å². The standard InChI is InChI=1S/C21H23N5O2/c1-13(2)18-16(9-10-17(27)22-18)21(28)25-11-12-26-20(14(25)3)23-19(24-26)15-7-5-4-6-8-15/h4-10,13-14H,11-12H2,1-3H3,(H,22,27)/t14-/m0/s1. The van der Waals surface area contributed by atoms with E-state index in [1.54, 1.807) is 11.0 Å². The van der Waals surface area contributed by atoms with Gasteiger partial charge in [0.15, 0.2) is 5.82 Å². The van der Waals surface area contributed by atoms with E-state index in [1.165, 1.54) is 6.07 Å². The molecule has 0 fully saturated rings. The molecule has 0 spiro atoms. The summed E-state index contributed by atoms with van der Waals surface area (Å²) in [6.45, 7) is 7.02. The Balaban J connectivity index is 1.67. The summed E-state index contributed by atoms with van der Waals surface area (Å²) in [6.07, 6.45) is 0. The number of carbonyl (C=O) groups excluding carboxylic acids is 1. The fourth-order valence-electron chi connectivity index (χ4n) is 3.64. The molecule has 1 amide bonds. The van der Waals surface area contributed by atoms with Crippen molar-refractivity contribution < 1.29 is 4.79 Å². The average Bonchev–Trinajstić information content (AvgIpc) is 3.14. The van der Waals surface area contributed by atoms with Crippen LogP contribution in [0, 0.1) is 0 Å². The second kappa shape index (κ2) is 7.07. The van der Waals surface area contributed by atoms with E-state index >= 15 is 0 Å². The highest BCUT2D eigenvalue weighted by Gasteiger charge is 2.32. The first kappa shape index (κ1) is 18.2. The molecular weight excluding hydrogens is 354 g/mol. The molecule has 2 aromatic heterocycles. The Kier molecular flexibility index (Phi) is 4.58. The maximum absolute atomic E-state index is 13.3. The van der Waals surface area contributed by atoms with Crippen molar-refractivity contribution in [3.05, 3.63) is 69.9 Å². The van der Waals surface area contributed by atoms with Crippen LogP contribution in [0.15, 0.2) is 47.3 Å². The molecule has 1 aliphatic heterocycles. The molecule has 1 aromatic carbocycles. The summed E-state index contributed by atoms with van der Waals surface area (Å²) in [6, 6.07) is 12.6. The maximum atomic E-state index is 13.3. The number of hydrogen-bond acceptors (Lipinski definition) is 4. The number of nitrogens with one attached hydrogen (secondary N) is 1. The summed E-state index contributed by atoms with van der Waals surface area (Å²) < 4.78 is 1.88. The minimum atomic E-state index is -0.210. The summed E-state index contributed by atoms with van der Waals surface area (Å²) in [4.78, 5) is 34.3. The van der Waals surface area contributed by atoms with Gasteiger partial charge in [-0.3, -0.25) is 9.59 Å². The van der Waals surface area contributed by atoms with Crippen LogP contribution in [0.5, 0.6) is 0 Å². The van der Waals surface area contributed by atoms with Crippen LogP contribution in [0.2, 0.25) is 0 Å². The van der Waals surface area contributed by atoms with E-state index in [4.69, 9.17) is 4.98 Å². The van der Waals surface area contributed by atoms with Gasteiger partial charge in [-0.05, 0) is 18.9 Å². The number of fused-ring (bicyclic) bond motifs is 1. The van der Waals surface area contributed by atoms with Crippen LogP contribution in [-0.2, 0) is 6.54 Å².